The molecule has 0 bridgehead atoms. The van der Waals surface area contributed by atoms with Crippen molar-refractivity contribution in [2.45, 2.75) is 58.9 Å². The van der Waals surface area contributed by atoms with Gasteiger partial charge in [0.05, 0.1) is 0 Å². The summed E-state index contributed by atoms with van der Waals surface area (Å²) < 4.78 is 5.74. The molecule has 2 heteroatoms. The fraction of sp³-hybridized carbons (Fsp3) is 1.00. The van der Waals surface area contributed by atoms with Gasteiger partial charge in [0.1, 0.15) is 0 Å². The van der Waals surface area contributed by atoms with E-state index in [4.69, 9.17) is 4.74 Å². The molecule has 0 heterocycles. The van der Waals surface area contributed by atoms with Gasteiger partial charge >= 0.3 is 0 Å². The van der Waals surface area contributed by atoms with Gasteiger partial charge in [-0.05, 0) is 44.1 Å². The normalized spacial score (nSPS) is 26.2. The van der Waals surface area contributed by atoms with E-state index in [0.29, 0.717) is 5.41 Å². The summed E-state index contributed by atoms with van der Waals surface area (Å²) in [6, 6.07) is 0.742. The molecule has 0 aliphatic heterocycles. The standard InChI is InChI=1S/C14H29NO/c1-14(2,3)9-11-16-10-8-12-6-5-7-13(12)15-4/h12-13,15H,5-11H2,1-4H3. The molecule has 2 unspecified atom stereocenters. The van der Waals surface area contributed by atoms with Crippen molar-refractivity contribution in [1.82, 2.24) is 5.32 Å². The third-order valence-corrected chi connectivity index (χ3v) is 3.66. The third kappa shape index (κ3) is 5.31. The lowest BCUT2D eigenvalue weighted by Gasteiger charge is -2.20. The van der Waals surface area contributed by atoms with Gasteiger partial charge in [0, 0.05) is 19.3 Å². The van der Waals surface area contributed by atoms with Crippen molar-refractivity contribution in [2.75, 3.05) is 20.3 Å². The molecular weight excluding hydrogens is 198 g/mol. The summed E-state index contributed by atoms with van der Waals surface area (Å²) in [4.78, 5) is 0. The number of rotatable bonds is 6. The molecular formula is C14H29NO. The third-order valence-electron chi connectivity index (χ3n) is 3.66. The molecule has 1 aliphatic rings. The highest BCUT2D eigenvalue weighted by Crippen LogP contribution is 2.28. The minimum Gasteiger partial charge on any atom is -0.381 e. The van der Waals surface area contributed by atoms with Crippen molar-refractivity contribution < 1.29 is 4.74 Å². The lowest BCUT2D eigenvalue weighted by Crippen LogP contribution is -2.29. The number of hydrogen-bond donors (Lipinski definition) is 1. The second-order valence-electron chi connectivity index (χ2n) is 6.30. The van der Waals surface area contributed by atoms with Crippen LogP contribution >= 0.6 is 0 Å². The molecule has 0 aromatic rings. The minimum atomic E-state index is 0.404. The Kier molecular flexibility index (Phi) is 5.77. The first-order chi connectivity index (χ1) is 7.53. The van der Waals surface area contributed by atoms with E-state index in [9.17, 15) is 0 Å². The van der Waals surface area contributed by atoms with E-state index in [1.165, 1.54) is 25.7 Å². The van der Waals surface area contributed by atoms with Crippen LogP contribution in [0.5, 0.6) is 0 Å². The lowest BCUT2D eigenvalue weighted by atomic mass is 9.93. The second kappa shape index (κ2) is 6.61. The van der Waals surface area contributed by atoms with Gasteiger partial charge in [-0.3, -0.25) is 0 Å². The Labute approximate surface area is 101 Å². The largest absolute Gasteiger partial charge is 0.381 e. The van der Waals surface area contributed by atoms with Gasteiger partial charge in [0.2, 0.25) is 0 Å². The van der Waals surface area contributed by atoms with Crippen LogP contribution in [0, 0.1) is 11.3 Å². The Bertz CT molecular complexity index is 186. The van der Waals surface area contributed by atoms with Crippen molar-refractivity contribution in [3.63, 3.8) is 0 Å². The predicted octanol–water partition coefficient (Wildman–Crippen LogP) is 3.22. The summed E-state index contributed by atoms with van der Waals surface area (Å²) in [5.41, 5.74) is 0.404. The molecule has 2 nitrogen and oxygen atoms in total. The van der Waals surface area contributed by atoms with Crippen LogP contribution < -0.4 is 5.32 Å². The first-order valence-electron chi connectivity index (χ1n) is 6.78. The molecule has 16 heavy (non-hydrogen) atoms. The first-order valence-corrected chi connectivity index (χ1v) is 6.78. The van der Waals surface area contributed by atoms with Gasteiger partial charge in [-0.1, -0.05) is 27.2 Å². The summed E-state index contributed by atoms with van der Waals surface area (Å²) >= 11 is 0. The molecule has 1 rings (SSSR count). The van der Waals surface area contributed by atoms with Gasteiger partial charge < -0.3 is 10.1 Å². The quantitative estimate of drug-likeness (QED) is 0.704. The van der Waals surface area contributed by atoms with Crippen molar-refractivity contribution in [3.05, 3.63) is 0 Å². The van der Waals surface area contributed by atoms with Crippen LogP contribution in [-0.4, -0.2) is 26.3 Å². The number of ether oxygens (including phenoxy) is 1. The summed E-state index contributed by atoms with van der Waals surface area (Å²) in [7, 11) is 2.09. The highest BCUT2D eigenvalue weighted by molar-refractivity contribution is 4.81. The molecule has 1 saturated carbocycles. The van der Waals surface area contributed by atoms with E-state index in [1.807, 2.05) is 0 Å². The predicted molar refractivity (Wildman–Crippen MR) is 69.7 cm³/mol. The number of nitrogens with one attached hydrogen (secondary N) is 1. The maximum atomic E-state index is 5.74. The average Bonchev–Trinajstić information content (AvgIpc) is 2.63. The Balaban J connectivity index is 2.03. The fourth-order valence-corrected chi connectivity index (χ4v) is 2.48. The summed E-state index contributed by atoms with van der Waals surface area (Å²) in [5, 5.41) is 3.42. The van der Waals surface area contributed by atoms with Crippen LogP contribution in [0.4, 0.5) is 0 Å². The molecule has 1 aliphatic carbocycles. The van der Waals surface area contributed by atoms with Gasteiger partial charge in [0.25, 0.3) is 0 Å². The van der Waals surface area contributed by atoms with Gasteiger partial charge in [-0.15, -0.1) is 0 Å². The van der Waals surface area contributed by atoms with E-state index in [1.54, 1.807) is 0 Å². The summed E-state index contributed by atoms with van der Waals surface area (Å²) in [6.45, 7) is 8.67. The SMILES string of the molecule is CNC1CCCC1CCOCCC(C)(C)C. The Morgan fingerprint density at radius 1 is 1.19 bits per heavy atom. The van der Waals surface area contributed by atoms with Crippen LogP contribution in [0.25, 0.3) is 0 Å². The molecule has 0 aromatic heterocycles. The van der Waals surface area contributed by atoms with Crippen molar-refractivity contribution in [1.29, 1.82) is 0 Å². The van der Waals surface area contributed by atoms with E-state index in [2.05, 4.69) is 33.1 Å². The Hall–Kier alpha value is -0.0800. The van der Waals surface area contributed by atoms with E-state index in [-0.39, 0.29) is 0 Å². The second-order valence-corrected chi connectivity index (χ2v) is 6.30. The zero-order valence-electron chi connectivity index (χ0n) is 11.5. The highest BCUT2D eigenvalue weighted by atomic mass is 16.5. The van der Waals surface area contributed by atoms with Crippen LogP contribution in [-0.2, 0) is 4.74 Å². The van der Waals surface area contributed by atoms with Gasteiger partial charge in [-0.2, -0.15) is 0 Å². The molecule has 1 fully saturated rings. The molecule has 0 amide bonds. The van der Waals surface area contributed by atoms with Gasteiger partial charge in [-0.25, -0.2) is 0 Å². The number of hydrogen-bond acceptors (Lipinski definition) is 2. The summed E-state index contributed by atoms with van der Waals surface area (Å²) in [6.07, 6.45) is 6.51. The van der Waals surface area contributed by atoms with Crippen molar-refractivity contribution >= 4 is 0 Å². The van der Waals surface area contributed by atoms with Crippen molar-refractivity contribution in [2.24, 2.45) is 11.3 Å². The maximum Gasteiger partial charge on any atom is 0.0471 e. The Morgan fingerprint density at radius 3 is 2.56 bits per heavy atom. The zero-order chi connectivity index (χ0) is 12.0. The lowest BCUT2D eigenvalue weighted by molar-refractivity contribution is 0.0950. The van der Waals surface area contributed by atoms with E-state index >= 15 is 0 Å². The van der Waals surface area contributed by atoms with Crippen LogP contribution in [0.3, 0.4) is 0 Å². The van der Waals surface area contributed by atoms with Gasteiger partial charge in [0.15, 0.2) is 0 Å². The monoisotopic (exact) mass is 227 g/mol. The zero-order valence-corrected chi connectivity index (χ0v) is 11.5. The van der Waals surface area contributed by atoms with Crippen LogP contribution in [0.15, 0.2) is 0 Å². The molecule has 2 atom stereocenters. The Morgan fingerprint density at radius 2 is 1.94 bits per heavy atom. The highest BCUT2D eigenvalue weighted by Gasteiger charge is 2.25. The molecule has 0 saturated heterocycles. The molecule has 96 valence electrons. The minimum absolute atomic E-state index is 0.404. The topological polar surface area (TPSA) is 21.3 Å². The fourth-order valence-electron chi connectivity index (χ4n) is 2.48. The van der Waals surface area contributed by atoms with Crippen molar-refractivity contribution in [3.8, 4) is 0 Å². The summed E-state index contributed by atoms with van der Waals surface area (Å²) in [5.74, 6) is 0.847. The molecule has 1 N–H and O–H groups in total. The maximum absolute atomic E-state index is 5.74. The van der Waals surface area contributed by atoms with Crippen LogP contribution in [0.1, 0.15) is 52.9 Å². The van der Waals surface area contributed by atoms with Crippen LogP contribution in [0.2, 0.25) is 0 Å². The van der Waals surface area contributed by atoms with E-state index in [0.717, 1.165) is 31.6 Å². The first kappa shape index (κ1) is 14.0. The van der Waals surface area contributed by atoms with E-state index < -0.39 is 0 Å². The smallest absolute Gasteiger partial charge is 0.0471 e. The molecule has 0 radical (unpaired) electrons. The average molecular weight is 227 g/mol. The molecule has 0 spiro atoms. The molecule has 0 aromatic carbocycles.